The lowest BCUT2D eigenvalue weighted by Crippen LogP contribution is -2.59. The molecule has 0 saturated carbocycles. The molecule has 0 aromatic carbocycles. The summed E-state index contributed by atoms with van der Waals surface area (Å²) in [6.45, 7) is 0. The van der Waals surface area contributed by atoms with Crippen molar-refractivity contribution in [1.82, 2.24) is 0 Å². The van der Waals surface area contributed by atoms with E-state index in [1.54, 1.807) is 0 Å². The van der Waals surface area contributed by atoms with Crippen LogP contribution in [0.4, 0.5) is 26.3 Å². The fourth-order valence-corrected chi connectivity index (χ4v) is 0.513. The maximum Gasteiger partial charge on any atom is 0.426 e. The topological polar surface area (TPSA) is 61.5 Å². The zero-order chi connectivity index (χ0) is 12.5. The molecule has 0 spiro atoms. The van der Waals surface area contributed by atoms with Crippen LogP contribution >= 0.6 is 0 Å². The first kappa shape index (κ1) is 14.0. The summed E-state index contributed by atoms with van der Waals surface area (Å²) in [5, 5.41) is 0. The highest BCUT2D eigenvalue weighted by Crippen LogP contribution is 2.46. The van der Waals surface area contributed by atoms with Crippen molar-refractivity contribution in [2.45, 2.75) is 18.0 Å². The van der Waals surface area contributed by atoms with E-state index < -0.39 is 23.9 Å². The Bertz CT molecular complexity index is 255. The predicted molar refractivity (Wildman–Crippen MR) is 32.1 cm³/mol. The molecule has 0 radical (unpaired) electrons. The van der Waals surface area contributed by atoms with Crippen molar-refractivity contribution in [1.29, 1.82) is 0 Å². The average Bonchev–Trinajstić information content (AvgIpc) is 2.15. The van der Waals surface area contributed by atoms with Crippen LogP contribution in [0.15, 0.2) is 0 Å². The zero-order valence-corrected chi connectivity index (χ0v) is 7.07. The molecule has 15 heavy (non-hydrogen) atoms. The predicted octanol–water partition coefficient (Wildman–Crippen LogP) is 0.913. The number of hydrogen-bond acceptors (Lipinski definition) is 4. The molecule has 0 aromatic heterocycles. The summed E-state index contributed by atoms with van der Waals surface area (Å²) in [5.74, 6) is -11.0. The molecule has 10 heteroatoms. The number of carbonyl (C=O) groups is 1. The number of nitrogens with two attached hydrogens (primary N) is 1. The highest BCUT2D eigenvalue weighted by Gasteiger charge is 2.77. The second-order valence-corrected chi connectivity index (χ2v) is 2.27. The minimum absolute atomic E-state index is 0.0672. The number of hydrogen-bond donors (Lipinski definition) is 1. The average molecular weight is 241 g/mol. The molecule has 0 bridgehead atoms. The lowest BCUT2D eigenvalue weighted by Gasteiger charge is -2.29. The van der Waals surface area contributed by atoms with E-state index in [0.717, 1.165) is 0 Å². The van der Waals surface area contributed by atoms with Crippen LogP contribution in [0, 0.1) is 0 Å². The van der Waals surface area contributed by atoms with Crippen LogP contribution in [0.3, 0.4) is 0 Å². The summed E-state index contributed by atoms with van der Waals surface area (Å²) < 4.78 is 77.0. The van der Waals surface area contributed by atoms with Crippen LogP contribution in [-0.2, 0) is 14.4 Å². The molecule has 0 aliphatic rings. The van der Waals surface area contributed by atoms with Crippen molar-refractivity contribution in [3.63, 3.8) is 0 Å². The Labute approximate surface area is 78.9 Å². The molecule has 0 saturated heterocycles. The van der Waals surface area contributed by atoms with Crippen LogP contribution in [0.2, 0.25) is 0 Å². The molecule has 90 valence electrons. The Morgan fingerprint density at radius 3 is 1.80 bits per heavy atom. The normalized spacial score (nSPS) is 13.9. The van der Waals surface area contributed by atoms with Gasteiger partial charge in [-0.05, 0) is 0 Å². The van der Waals surface area contributed by atoms with Gasteiger partial charge >= 0.3 is 23.9 Å². The lowest BCUT2D eigenvalue weighted by molar-refractivity contribution is -0.385. The molecule has 0 aliphatic heterocycles. The Morgan fingerprint density at radius 2 is 1.53 bits per heavy atom. The Morgan fingerprint density at radius 1 is 1.13 bits per heavy atom. The van der Waals surface area contributed by atoms with Crippen molar-refractivity contribution in [2.75, 3.05) is 7.11 Å². The van der Waals surface area contributed by atoms with E-state index in [-0.39, 0.29) is 7.11 Å². The first-order valence-corrected chi connectivity index (χ1v) is 3.14. The van der Waals surface area contributed by atoms with Gasteiger partial charge in [0.1, 0.15) is 0 Å². The van der Waals surface area contributed by atoms with Gasteiger partial charge in [0.2, 0.25) is 0 Å². The lowest BCUT2D eigenvalue weighted by atomic mass is 10.1. The summed E-state index contributed by atoms with van der Waals surface area (Å²) in [4.78, 5) is 12.9. The van der Waals surface area contributed by atoms with E-state index >= 15 is 0 Å². The van der Waals surface area contributed by atoms with Crippen LogP contribution < -0.4 is 5.90 Å². The number of ether oxygens (including phenoxy) is 1. The van der Waals surface area contributed by atoms with E-state index in [4.69, 9.17) is 0 Å². The largest absolute Gasteiger partial charge is 0.426 e. The molecule has 0 aromatic rings. The van der Waals surface area contributed by atoms with Crippen molar-refractivity contribution >= 4 is 5.97 Å². The summed E-state index contributed by atoms with van der Waals surface area (Å²) in [5.41, 5.74) is 0. The van der Waals surface area contributed by atoms with Gasteiger partial charge in [-0.3, -0.25) is 0 Å². The SMILES string of the molecule is COC(F)(F)C(F)(F)C(F)(F)C(=O)ON. The standard InChI is InChI=1S/C5H5F6NO3/c1-14-5(10,11)4(8,9)3(6,7)2(13)15-12/h12H2,1H3. The van der Waals surface area contributed by atoms with Crippen LogP contribution in [0.1, 0.15) is 0 Å². The maximum absolute atomic E-state index is 12.4. The van der Waals surface area contributed by atoms with Gasteiger partial charge in [0.15, 0.2) is 0 Å². The molecule has 0 heterocycles. The smallest absolute Gasteiger partial charge is 0.369 e. The monoisotopic (exact) mass is 241 g/mol. The number of alkyl halides is 6. The molecule has 0 amide bonds. The van der Waals surface area contributed by atoms with Gasteiger partial charge in [0.05, 0.1) is 0 Å². The van der Waals surface area contributed by atoms with Gasteiger partial charge in [-0.15, -0.1) is 0 Å². The number of rotatable bonds is 4. The van der Waals surface area contributed by atoms with E-state index in [9.17, 15) is 31.1 Å². The first-order valence-electron chi connectivity index (χ1n) is 3.14. The Kier molecular flexibility index (Phi) is 3.59. The summed E-state index contributed by atoms with van der Waals surface area (Å²) >= 11 is 0. The second-order valence-electron chi connectivity index (χ2n) is 2.27. The van der Waals surface area contributed by atoms with Crippen LogP contribution in [-0.4, -0.2) is 31.0 Å². The molecule has 0 unspecified atom stereocenters. The van der Waals surface area contributed by atoms with Gasteiger partial charge in [-0.1, -0.05) is 0 Å². The maximum atomic E-state index is 12.4. The van der Waals surface area contributed by atoms with Gasteiger partial charge < -0.3 is 9.57 Å². The zero-order valence-electron chi connectivity index (χ0n) is 7.07. The van der Waals surface area contributed by atoms with Crippen molar-refractivity contribution in [3.8, 4) is 0 Å². The molecule has 2 N–H and O–H groups in total. The first-order chi connectivity index (χ1) is 6.54. The van der Waals surface area contributed by atoms with E-state index in [2.05, 4.69) is 15.5 Å². The minimum Gasteiger partial charge on any atom is -0.369 e. The molecular weight excluding hydrogens is 236 g/mol. The van der Waals surface area contributed by atoms with E-state index in [0.29, 0.717) is 0 Å². The number of halogens is 6. The van der Waals surface area contributed by atoms with Gasteiger partial charge in [0, 0.05) is 7.11 Å². The highest BCUT2D eigenvalue weighted by atomic mass is 19.3. The summed E-state index contributed by atoms with van der Waals surface area (Å²) in [6, 6.07) is 0. The molecule has 4 nitrogen and oxygen atoms in total. The Balaban J connectivity index is 5.27. The molecule has 0 atom stereocenters. The third-order valence-electron chi connectivity index (χ3n) is 1.38. The molecule has 0 rings (SSSR count). The molecule has 0 aliphatic carbocycles. The molecular formula is C5H5F6NO3. The van der Waals surface area contributed by atoms with Crippen molar-refractivity contribution in [2.24, 2.45) is 5.90 Å². The summed E-state index contributed by atoms with van der Waals surface area (Å²) in [7, 11) is 0.0672. The summed E-state index contributed by atoms with van der Waals surface area (Å²) in [6.07, 6.45) is -5.54. The van der Waals surface area contributed by atoms with Gasteiger partial charge in [0.25, 0.3) is 0 Å². The van der Waals surface area contributed by atoms with Gasteiger partial charge in [-0.2, -0.15) is 32.2 Å². The fourth-order valence-electron chi connectivity index (χ4n) is 0.513. The van der Waals surface area contributed by atoms with Gasteiger partial charge in [-0.25, -0.2) is 4.79 Å². The van der Waals surface area contributed by atoms with Crippen molar-refractivity contribution in [3.05, 3.63) is 0 Å². The quantitative estimate of drug-likeness (QED) is 0.587. The van der Waals surface area contributed by atoms with Crippen LogP contribution in [0.5, 0.6) is 0 Å². The minimum atomic E-state index is -6.08. The highest BCUT2D eigenvalue weighted by molar-refractivity contribution is 5.78. The van der Waals surface area contributed by atoms with E-state index in [1.807, 2.05) is 0 Å². The number of carbonyl (C=O) groups excluding carboxylic acids is 1. The second kappa shape index (κ2) is 3.85. The fraction of sp³-hybridized carbons (Fsp3) is 0.800. The molecule has 0 fully saturated rings. The Hall–Kier alpha value is -1.03. The number of methoxy groups -OCH3 is 1. The van der Waals surface area contributed by atoms with Crippen LogP contribution in [0.25, 0.3) is 0 Å². The third-order valence-corrected chi connectivity index (χ3v) is 1.38. The third kappa shape index (κ3) is 2.00. The van der Waals surface area contributed by atoms with E-state index in [1.165, 1.54) is 0 Å². The van der Waals surface area contributed by atoms with Crippen molar-refractivity contribution < 1.29 is 40.7 Å².